The number of carboxylic acids is 1. The maximum Gasteiger partial charge on any atom is 0.333 e. The number of pyridine rings is 1. The van der Waals surface area contributed by atoms with Crippen LogP contribution in [-0.4, -0.2) is 49.7 Å². The van der Waals surface area contributed by atoms with Gasteiger partial charge in [-0.2, -0.15) is 5.10 Å². The Balaban J connectivity index is 1.70. The lowest BCUT2D eigenvalue weighted by atomic mass is 9.95. The first kappa shape index (κ1) is 19.7. The zero-order valence-corrected chi connectivity index (χ0v) is 15.5. The highest BCUT2D eigenvalue weighted by atomic mass is 19.1. The van der Waals surface area contributed by atoms with Gasteiger partial charge in [0.15, 0.2) is 5.82 Å². The molecular weight excluding hydrogens is 365 g/mol. The van der Waals surface area contributed by atoms with Gasteiger partial charge in [0.2, 0.25) is 5.91 Å². The van der Waals surface area contributed by atoms with Crippen LogP contribution in [0, 0.1) is 5.82 Å². The summed E-state index contributed by atoms with van der Waals surface area (Å²) in [4.78, 5) is 29.5. The third kappa shape index (κ3) is 4.25. The highest BCUT2D eigenvalue weighted by Gasteiger charge is 2.27. The molecule has 2 heterocycles. The van der Waals surface area contributed by atoms with Gasteiger partial charge in [0.25, 0.3) is 0 Å². The second kappa shape index (κ2) is 8.30. The molecule has 148 valence electrons. The predicted octanol–water partition coefficient (Wildman–Crippen LogP) is 1.65. The Morgan fingerprint density at radius 1 is 1.32 bits per heavy atom. The standard InChI is InChI=1S/C19H22FN5O3/c1-24(16-5-3-2-4-14(16)19(27)28)18(26)15(21)10-13-8-9-25(23-13)17-7-6-12(20)11-22-17/h6-9,11,15H,2-5,10,21H2,1H3,(H,27,28). The predicted molar refractivity (Wildman–Crippen MR) is 98.9 cm³/mol. The minimum atomic E-state index is -0.992. The molecule has 0 fully saturated rings. The molecule has 0 radical (unpaired) electrons. The van der Waals surface area contributed by atoms with Crippen LogP contribution in [0.1, 0.15) is 31.4 Å². The Morgan fingerprint density at radius 3 is 2.75 bits per heavy atom. The maximum atomic E-state index is 13.0. The summed E-state index contributed by atoms with van der Waals surface area (Å²) >= 11 is 0. The number of amides is 1. The highest BCUT2D eigenvalue weighted by Crippen LogP contribution is 2.27. The summed E-state index contributed by atoms with van der Waals surface area (Å²) in [5.74, 6) is -1.34. The van der Waals surface area contributed by atoms with Gasteiger partial charge < -0.3 is 15.7 Å². The van der Waals surface area contributed by atoms with Gasteiger partial charge in [-0.05, 0) is 43.9 Å². The SMILES string of the molecule is CN(C(=O)C(N)Cc1ccn(-c2ccc(F)cn2)n1)C1=C(C(=O)O)CCCC1. The van der Waals surface area contributed by atoms with Crippen LogP contribution in [0.3, 0.4) is 0 Å². The molecule has 1 amide bonds. The molecule has 9 heteroatoms. The lowest BCUT2D eigenvalue weighted by Crippen LogP contribution is -2.43. The van der Waals surface area contributed by atoms with Gasteiger partial charge in [-0.3, -0.25) is 4.79 Å². The molecule has 0 aliphatic heterocycles. The van der Waals surface area contributed by atoms with E-state index in [0.717, 1.165) is 19.0 Å². The van der Waals surface area contributed by atoms with Gasteiger partial charge in [0.05, 0.1) is 23.5 Å². The van der Waals surface area contributed by atoms with Crippen molar-refractivity contribution < 1.29 is 19.1 Å². The molecule has 2 aromatic rings. The molecule has 0 spiro atoms. The lowest BCUT2D eigenvalue weighted by molar-refractivity contribution is -0.133. The second-order valence-electron chi connectivity index (χ2n) is 6.73. The molecule has 8 nitrogen and oxygen atoms in total. The largest absolute Gasteiger partial charge is 0.478 e. The van der Waals surface area contributed by atoms with Gasteiger partial charge >= 0.3 is 5.97 Å². The van der Waals surface area contributed by atoms with E-state index in [4.69, 9.17) is 5.73 Å². The molecule has 1 aliphatic rings. The second-order valence-corrected chi connectivity index (χ2v) is 6.73. The Bertz CT molecular complexity index is 907. The maximum absolute atomic E-state index is 13.0. The van der Waals surface area contributed by atoms with E-state index < -0.39 is 17.8 Å². The summed E-state index contributed by atoms with van der Waals surface area (Å²) in [7, 11) is 1.56. The number of nitrogens with two attached hydrogens (primary N) is 1. The number of hydrogen-bond acceptors (Lipinski definition) is 5. The first-order valence-electron chi connectivity index (χ1n) is 9.01. The summed E-state index contributed by atoms with van der Waals surface area (Å²) in [6.07, 6.45) is 5.57. The van der Waals surface area contributed by atoms with Crippen molar-refractivity contribution in [1.82, 2.24) is 19.7 Å². The number of hydrogen-bond donors (Lipinski definition) is 2. The van der Waals surface area contributed by atoms with Crippen LogP contribution in [0.25, 0.3) is 5.82 Å². The van der Waals surface area contributed by atoms with Crippen molar-refractivity contribution in [2.24, 2.45) is 5.73 Å². The number of carbonyl (C=O) groups is 2. The van der Waals surface area contributed by atoms with Gasteiger partial charge in [-0.15, -0.1) is 0 Å². The molecule has 3 N–H and O–H groups in total. The van der Waals surface area contributed by atoms with Crippen molar-refractivity contribution in [2.45, 2.75) is 38.1 Å². The molecule has 2 aromatic heterocycles. The van der Waals surface area contributed by atoms with Crippen LogP contribution >= 0.6 is 0 Å². The van der Waals surface area contributed by atoms with Crippen LogP contribution in [-0.2, 0) is 16.0 Å². The van der Waals surface area contributed by atoms with E-state index in [1.165, 1.54) is 21.7 Å². The zero-order valence-electron chi connectivity index (χ0n) is 15.5. The van der Waals surface area contributed by atoms with Gasteiger partial charge in [0, 0.05) is 25.4 Å². The fourth-order valence-electron chi connectivity index (χ4n) is 3.29. The van der Waals surface area contributed by atoms with Crippen LogP contribution in [0.15, 0.2) is 41.9 Å². The van der Waals surface area contributed by atoms with E-state index in [-0.39, 0.29) is 17.9 Å². The summed E-state index contributed by atoms with van der Waals surface area (Å²) in [5.41, 5.74) is 7.46. The van der Waals surface area contributed by atoms with E-state index in [1.54, 1.807) is 19.3 Å². The van der Waals surface area contributed by atoms with Gasteiger partial charge in [-0.1, -0.05) is 0 Å². The van der Waals surface area contributed by atoms with Crippen molar-refractivity contribution in [2.75, 3.05) is 7.05 Å². The molecule has 0 bridgehead atoms. The highest BCUT2D eigenvalue weighted by molar-refractivity contribution is 5.90. The van der Waals surface area contributed by atoms with Crippen molar-refractivity contribution in [1.29, 1.82) is 0 Å². The average molecular weight is 387 g/mol. The first-order valence-corrected chi connectivity index (χ1v) is 9.01. The van der Waals surface area contributed by atoms with E-state index in [0.29, 0.717) is 30.1 Å². The van der Waals surface area contributed by atoms with Gasteiger partial charge in [-0.25, -0.2) is 18.9 Å². The minimum Gasteiger partial charge on any atom is -0.478 e. The van der Waals surface area contributed by atoms with E-state index in [2.05, 4.69) is 10.1 Å². The summed E-state index contributed by atoms with van der Waals surface area (Å²) < 4.78 is 14.5. The van der Waals surface area contributed by atoms with Crippen molar-refractivity contribution in [3.05, 3.63) is 53.4 Å². The number of allylic oxidation sites excluding steroid dienone is 1. The van der Waals surface area contributed by atoms with Gasteiger partial charge in [0.1, 0.15) is 5.82 Å². The number of likely N-dealkylation sites (N-methyl/N-ethyl adjacent to an activating group) is 1. The smallest absolute Gasteiger partial charge is 0.333 e. The normalized spacial score (nSPS) is 15.4. The van der Waals surface area contributed by atoms with Crippen molar-refractivity contribution >= 4 is 11.9 Å². The number of rotatable bonds is 6. The number of aromatic nitrogens is 3. The number of carbonyl (C=O) groups excluding carboxylic acids is 1. The molecule has 28 heavy (non-hydrogen) atoms. The first-order chi connectivity index (χ1) is 13.4. The summed E-state index contributed by atoms with van der Waals surface area (Å²) in [5, 5.41) is 13.7. The molecule has 1 atom stereocenters. The lowest BCUT2D eigenvalue weighted by Gasteiger charge is -2.28. The minimum absolute atomic E-state index is 0.188. The third-order valence-corrected chi connectivity index (χ3v) is 4.77. The van der Waals surface area contributed by atoms with Crippen LogP contribution < -0.4 is 5.73 Å². The van der Waals surface area contributed by atoms with Crippen LogP contribution in [0.5, 0.6) is 0 Å². The van der Waals surface area contributed by atoms with E-state index in [9.17, 15) is 19.1 Å². The molecular formula is C19H22FN5O3. The Labute approximate surface area is 161 Å². The Morgan fingerprint density at radius 2 is 2.07 bits per heavy atom. The Kier molecular flexibility index (Phi) is 5.84. The summed E-state index contributed by atoms with van der Waals surface area (Å²) in [6, 6.07) is 3.62. The molecule has 0 saturated heterocycles. The molecule has 0 saturated carbocycles. The quantitative estimate of drug-likeness (QED) is 0.779. The number of carboxylic acid groups (broad SMARTS) is 1. The zero-order chi connectivity index (χ0) is 20.3. The van der Waals surface area contributed by atoms with Crippen molar-refractivity contribution in [3.63, 3.8) is 0 Å². The van der Waals surface area contributed by atoms with Crippen molar-refractivity contribution in [3.8, 4) is 5.82 Å². The topological polar surface area (TPSA) is 114 Å². The summed E-state index contributed by atoms with van der Waals surface area (Å²) in [6.45, 7) is 0. The molecule has 1 aliphatic carbocycles. The molecule has 0 aromatic carbocycles. The molecule has 3 rings (SSSR count). The molecule has 1 unspecified atom stereocenters. The van der Waals surface area contributed by atoms with E-state index >= 15 is 0 Å². The van der Waals surface area contributed by atoms with E-state index in [1.807, 2.05) is 0 Å². The fourth-order valence-corrected chi connectivity index (χ4v) is 3.29. The average Bonchev–Trinajstić information content (AvgIpc) is 3.15. The number of aliphatic carboxylic acids is 1. The number of nitrogens with zero attached hydrogens (tertiary/aromatic N) is 4. The fraction of sp³-hybridized carbons (Fsp3) is 0.368. The monoisotopic (exact) mass is 387 g/mol. The number of halogens is 1. The van der Waals surface area contributed by atoms with Crippen LogP contribution in [0.2, 0.25) is 0 Å². The Hall–Kier alpha value is -3.07. The van der Waals surface area contributed by atoms with Crippen LogP contribution in [0.4, 0.5) is 4.39 Å². The third-order valence-electron chi connectivity index (χ3n) is 4.77.